The van der Waals surface area contributed by atoms with Gasteiger partial charge in [-0.3, -0.25) is 14.9 Å². The van der Waals surface area contributed by atoms with Crippen molar-refractivity contribution in [1.29, 1.82) is 0 Å². The molecule has 0 atom stereocenters. The molecule has 41 heavy (non-hydrogen) atoms. The Morgan fingerprint density at radius 2 is 1.34 bits per heavy atom. The van der Waals surface area contributed by atoms with Crippen molar-refractivity contribution in [2.24, 2.45) is 0 Å². The summed E-state index contributed by atoms with van der Waals surface area (Å²) in [6.45, 7) is 1.25. The summed E-state index contributed by atoms with van der Waals surface area (Å²) in [5, 5.41) is 6.18. The summed E-state index contributed by atoms with van der Waals surface area (Å²) in [5.74, 6) is 0.0475. The van der Waals surface area contributed by atoms with E-state index in [1.54, 1.807) is 6.07 Å². The second-order valence-corrected chi connectivity index (χ2v) is 11.3. The first kappa shape index (κ1) is 27.3. The van der Waals surface area contributed by atoms with Gasteiger partial charge in [0.25, 0.3) is 5.91 Å². The van der Waals surface area contributed by atoms with Crippen molar-refractivity contribution in [2.45, 2.75) is 24.4 Å². The molecule has 1 fully saturated rings. The van der Waals surface area contributed by atoms with Crippen molar-refractivity contribution in [3.8, 4) is 0 Å². The average molecular weight is 583 g/mol. The van der Waals surface area contributed by atoms with Gasteiger partial charge in [-0.25, -0.2) is 0 Å². The first-order chi connectivity index (χ1) is 19.9. The van der Waals surface area contributed by atoms with E-state index < -0.39 is 5.54 Å². The Morgan fingerprint density at radius 1 is 0.780 bits per heavy atom. The molecule has 2 N–H and O–H groups in total. The van der Waals surface area contributed by atoms with E-state index in [1.807, 2.05) is 108 Å². The number of benzene rings is 4. The molecule has 5 nitrogen and oxygen atoms in total. The normalized spacial score (nSPS) is 14.3. The number of nitrogens with one attached hydrogen (secondary N) is 2. The van der Waals surface area contributed by atoms with Gasteiger partial charge in [0.05, 0.1) is 5.54 Å². The lowest BCUT2D eigenvalue weighted by Crippen LogP contribution is -2.54. The molecule has 1 aliphatic rings. The second kappa shape index (κ2) is 11.5. The molecule has 206 valence electrons. The van der Waals surface area contributed by atoms with Gasteiger partial charge in [0.15, 0.2) is 0 Å². The summed E-state index contributed by atoms with van der Waals surface area (Å²) in [5.41, 5.74) is 3.10. The molecule has 1 aromatic heterocycles. The van der Waals surface area contributed by atoms with Crippen LogP contribution in [0.5, 0.6) is 0 Å². The summed E-state index contributed by atoms with van der Waals surface area (Å²) in [4.78, 5) is 31.2. The first-order valence-corrected chi connectivity index (χ1v) is 14.5. The van der Waals surface area contributed by atoms with Gasteiger partial charge in [-0.05, 0) is 72.0 Å². The summed E-state index contributed by atoms with van der Waals surface area (Å²) in [6, 6.07) is 34.5. The van der Waals surface area contributed by atoms with Crippen LogP contribution in [-0.2, 0) is 5.54 Å². The minimum Gasteiger partial charge on any atom is -0.339 e. The lowest BCUT2D eigenvalue weighted by atomic mass is 9.75. The molecule has 0 bridgehead atoms. The third-order valence-corrected chi connectivity index (χ3v) is 8.44. The van der Waals surface area contributed by atoms with Crippen LogP contribution >= 0.6 is 23.2 Å². The number of H-pyrrole nitrogens is 1. The van der Waals surface area contributed by atoms with Crippen LogP contribution in [0.25, 0.3) is 10.9 Å². The van der Waals surface area contributed by atoms with Gasteiger partial charge < -0.3 is 9.88 Å². The molecule has 1 saturated heterocycles. The van der Waals surface area contributed by atoms with Crippen LogP contribution in [0.15, 0.2) is 114 Å². The minimum absolute atomic E-state index is 0.0475. The van der Waals surface area contributed by atoms with Crippen LogP contribution in [0.4, 0.5) is 0 Å². The van der Waals surface area contributed by atoms with Crippen LogP contribution in [0.3, 0.4) is 0 Å². The topological polar surface area (TPSA) is 65.2 Å². The van der Waals surface area contributed by atoms with E-state index in [2.05, 4.69) is 10.3 Å². The molecule has 0 radical (unpaired) electrons. The minimum atomic E-state index is -0.903. The van der Waals surface area contributed by atoms with Crippen molar-refractivity contribution in [3.05, 3.63) is 152 Å². The molecule has 0 unspecified atom stereocenters. The third-order valence-electron chi connectivity index (χ3n) is 7.93. The summed E-state index contributed by atoms with van der Waals surface area (Å²) in [6.07, 6.45) is 1.51. The fraction of sp³-hybridized carbons (Fsp3) is 0.176. The van der Waals surface area contributed by atoms with Crippen LogP contribution in [0, 0.1) is 0 Å². The van der Waals surface area contributed by atoms with Crippen LogP contribution in [0.2, 0.25) is 10.0 Å². The van der Waals surface area contributed by atoms with E-state index in [9.17, 15) is 9.59 Å². The highest BCUT2D eigenvalue weighted by atomic mass is 35.5. The number of rotatable bonds is 6. The number of hydrogen-bond donors (Lipinski definition) is 2. The molecular weight excluding hydrogens is 553 g/mol. The van der Waals surface area contributed by atoms with Crippen LogP contribution in [0.1, 0.15) is 39.9 Å². The standard InChI is InChI=1S/C34H29Cl2N3O2/c35-26-14-10-24(11-15-26)34(25-12-16-27(36)17-13-25,30-22-32(40)37-31-9-5-4-8-29(30)31)38-28-18-20-39(21-19-28)33(41)23-6-2-1-3-7-23/h1-17,22,28,38H,18-21H2,(H,37,40). The summed E-state index contributed by atoms with van der Waals surface area (Å²) >= 11 is 12.7. The third kappa shape index (κ3) is 5.41. The van der Waals surface area contributed by atoms with Gasteiger partial charge in [0, 0.05) is 51.7 Å². The Kier molecular flexibility index (Phi) is 7.67. The number of likely N-dealkylation sites (tertiary alicyclic amines) is 1. The number of halogens is 2. The molecule has 1 amide bonds. The number of para-hydroxylation sites is 1. The smallest absolute Gasteiger partial charge is 0.253 e. The number of aromatic nitrogens is 1. The van der Waals surface area contributed by atoms with Gasteiger partial charge in [-0.2, -0.15) is 0 Å². The molecule has 7 heteroatoms. The second-order valence-electron chi connectivity index (χ2n) is 10.4. The fourth-order valence-corrected chi connectivity index (χ4v) is 6.19. The molecule has 0 spiro atoms. The highest BCUT2D eigenvalue weighted by molar-refractivity contribution is 6.30. The molecule has 0 saturated carbocycles. The molecule has 4 aromatic carbocycles. The molecule has 6 rings (SSSR count). The van der Waals surface area contributed by atoms with Crippen LogP contribution in [-0.4, -0.2) is 34.9 Å². The number of nitrogens with zero attached hydrogens (tertiary/aromatic N) is 1. The van der Waals surface area contributed by atoms with E-state index in [-0.39, 0.29) is 17.5 Å². The number of carbonyl (C=O) groups is 1. The number of fused-ring (bicyclic) bond motifs is 1. The molecule has 1 aliphatic heterocycles. The monoisotopic (exact) mass is 581 g/mol. The largest absolute Gasteiger partial charge is 0.339 e. The number of aromatic amines is 1. The van der Waals surface area contributed by atoms with E-state index in [0.717, 1.165) is 40.4 Å². The fourth-order valence-electron chi connectivity index (χ4n) is 5.93. The number of pyridine rings is 1. The van der Waals surface area contributed by atoms with Gasteiger partial charge in [-0.1, -0.05) is 83.9 Å². The Labute approximate surface area is 248 Å². The van der Waals surface area contributed by atoms with Crippen LogP contribution < -0.4 is 10.9 Å². The number of amides is 1. The maximum atomic E-state index is 13.1. The number of hydrogen-bond acceptors (Lipinski definition) is 3. The van der Waals surface area contributed by atoms with Gasteiger partial charge >= 0.3 is 0 Å². The lowest BCUT2D eigenvalue weighted by Gasteiger charge is -2.43. The van der Waals surface area contributed by atoms with E-state index in [0.29, 0.717) is 28.7 Å². The van der Waals surface area contributed by atoms with Crippen molar-refractivity contribution in [3.63, 3.8) is 0 Å². The quantitative estimate of drug-likeness (QED) is 0.226. The first-order valence-electron chi connectivity index (χ1n) is 13.7. The lowest BCUT2D eigenvalue weighted by molar-refractivity contribution is 0.0699. The molecule has 0 aliphatic carbocycles. The van der Waals surface area contributed by atoms with Gasteiger partial charge in [0.2, 0.25) is 5.56 Å². The van der Waals surface area contributed by atoms with E-state index in [4.69, 9.17) is 23.2 Å². The summed E-state index contributed by atoms with van der Waals surface area (Å²) < 4.78 is 0. The highest BCUT2D eigenvalue weighted by Crippen LogP contribution is 2.41. The molecule has 5 aromatic rings. The zero-order chi connectivity index (χ0) is 28.4. The van der Waals surface area contributed by atoms with E-state index >= 15 is 0 Å². The Bertz CT molecular complexity index is 1680. The maximum absolute atomic E-state index is 13.1. The average Bonchev–Trinajstić information content (AvgIpc) is 3.01. The van der Waals surface area contributed by atoms with Gasteiger partial charge in [-0.15, -0.1) is 0 Å². The van der Waals surface area contributed by atoms with Crippen molar-refractivity contribution in [2.75, 3.05) is 13.1 Å². The summed E-state index contributed by atoms with van der Waals surface area (Å²) in [7, 11) is 0. The van der Waals surface area contributed by atoms with Gasteiger partial charge in [0.1, 0.15) is 0 Å². The molecule has 2 heterocycles. The van der Waals surface area contributed by atoms with Crippen molar-refractivity contribution >= 4 is 40.0 Å². The maximum Gasteiger partial charge on any atom is 0.253 e. The predicted octanol–water partition coefficient (Wildman–Crippen LogP) is 7.02. The SMILES string of the molecule is O=C(c1ccccc1)N1CCC(NC(c2ccc(Cl)cc2)(c2ccc(Cl)cc2)c2cc(=O)[nH]c3ccccc23)CC1. The zero-order valence-corrected chi connectivity index (χ0v) is 23.8. The number of piperidine rings is 1. The molecular formula is C34H29Cl2N3O2. The van der Waals surface area contributed by atoms with E-state index in [1.165, 1.54) is 0 Å². The Hall–Kier alpha value is -3.90. The predicted molar refractivity (Wildman–Crippen MR) is 166 cm³/mol. The number of carbonyl (C=O) groups excluding carboxylic acids is 1. The Morgan fingerprint density at radius 3 is 1.95 bits per heavy atom. The van der Waals surface area contributed by atoms with Crippen molar-refractivity contribution < 1.29 is 4.79 Å². The Balaban J connectivity index is 1.47. The highest BCUT2D eigenvalue weighted by Gasteiger charge is 2.41. The van der Waals surface area contributed by atoms with Crippen molar-refractivity contribution in [1.82, 2.24) is 15.2 Å². The zero-order valence-electron chi connectivity index (χ0n) is 22.3.